The van der Waals surface area contributed by atoms with Gasteiger partial charge in [0.15, 0.2) is 0 Å². The number of nitrogens with zero attached hydrogens (tertiary/aromatic N) is 1. The van der Waals surface area contributed by atoms with Crippen molar-refractivity contribution in [2.75, 3.05) is 5.32 Å². The van der Waals surface area contributed by atoms with Crippen molar-refractivity contribution in [1.29, 1.82) is 5.26 Å². The topological polar surface area (TPSA) is 62.1 Å². The Labute approximate surface area is 100 Å². The maximum absolute atomic E-state index is 11.8. The first-order chi connectivity index (χ1) is 8.19. The number of anilines is 1. The van der Waals surface area contributed by atoms with Crippen LogP contribution in [-0.2, 0) is 9.53 Å². The van der Waals surface area contributed by atoms with Crippen LogP contribution in [-0.4, -0.2) is 18.1 Å². The fourth-order valence-electron chi connectivity index (χ4n) is 1.88. The van der Waals surface area contributed by atoms with Crippen molar-refractivity contribution in [3.8, 4) is 6.07 Å². The van der Waals surface area contributed by atoms with Gasteiger partial charge in [-0.3, -0.25) is 4.79 Å². The summed E-state index contributed by atoms with van der Waals surface area (Å²) in [6.45, 7) is 1.96. The maximum atomic E-state index is 11.8. The molecule has 1 aromatic rings. The number of ether oxygens (including phenoxy) is 1. The Morgan fingerprint density at radius 1 is 1.53 bits per heavy atom. The highest BCUT2D eigenvalue weighted by atomic mass is 16.5. The smallest absolute Gasteiger partial charge is 0.253 e. The molecule has 1 saturated heterocycles. The van der Waals surface area contributed by atoms with Crippen LogP contribution >= 0.6 is 0 Å². The third-order valence-electron chi connectivity index (χ3n) is 2.78. The van der Waals surface area contributed by atoms with E-state index in [0.29, 0.717) is 11.3 Å². The minimum atomic E-state index is -0.365. The molecule has 88 valence electrons. The Bertz CT molecular complexity index is 465. The molecule has 0 aliphatic carbocycles. The average Bonchev–Trinajstić information content (AvgIpc) is 2.76. The number of hydrogen-bond acceptors (Lipinski definition) is 3. The molecule has 1 aliphatic heterocycles. The molecule has 1 amide bonds. The minimum Gasteiger partial charge on any atom is -0.365 e. The number of carbonyl (C=O) groups is 1. The number of nitrogens with one attached hydrogen (secondary N) is 1. The molecule has 1 N–H and O–H groups in total. The first-order valence-corrected chi connectivity index (χ1v) is 5.65. The lowest BCUT2D eigenvalue weighted by molar-refractivity contribution is -0.126. The third kappa shape index (κ3) is 2.83. The molecule has 1 aromatic carbocycles. The second kappa shape index (κ2) is 4.98. The number of benzene rings is 1. The van der Waals surface area contributed by atoms with E-state index in [-0.39, 0.29) is 18.1 Å². The second-order valence-corrected chi connectivity index (χ2v) is 4.19. The normalized spacial score (nSPS) is 23.1. The van der Waals surface area contributed by atoms with Crippen LogP contribution in [0.3, 0.4) is 0 Å². The maximum Gasteiger partial charge on any atom is 0.253 e. The van der Waals surface area contributed by atoms with Gasteiger partial charge >= 0.3 is 0 Å². The Balaban J connectivity index is 2.01. The summed E-state index contributed by atoms with van der Waals surface area (Å²) in [5.41, 5.74) is 1.17. The lowest BCUT2D eigenvalue weighted by Gasteiger charge is -2.11. The highest BCUT2D eigenvalue weighted by molar-refractivity contribution is 5.94. The van der Waals surface area contributed by atoms with E-state index in [0.717, 1.165) is 12.8 Å². The van der Waals surface area contributed by atoms with Gasteiger partial charge < -0.3 is 10.1 Å². The summed E-state index contributed by atoms with van der Waals surface area (Å²) in [6.07, 6.45) is 1.45. The summed E-state index contributed by atoms with van der Waals surface area (Å²) in [6, 6.07) is 8.89. The number of nitriles is 1. The molecule has 4 heteroatoms. The Hall–Kier alpha value is -1.86. The summed E-state index contributed by atoms with van der Waals surface area (Å²) in [4.78, 5) is 11.8. The van der Waals surface area contributed by atoms with Gasteiger partial charge in [-0.05, 0) is 38.0 Å². The van der Waals surface area contributed by atoms with Gasteiger partial charge in [-0.1, -0.05) is 6.07 Å². The highest BCUT2D eigenvalue weighted by Crippen LogP contribution is 2.20. The molecule has 1 heterocycles. The van der Waals surface area contributed by atoms with Crippen molar-refractivity contribution in [1.82, 2.24) is 0 Å². The molecule has 0 spiro atoms. The largest absolute Gasteiger partial charge is 0.365 e. The number of carbonyl (C=O) groups excluding carboxylic acids is 1. The van der Waals surface area contributed by atoms with E-state index in [1.807, 2.05) is 13.0 Å². The van der Waals surface area contributed by atoms with Gasteiger partial charge in [0, 0.05) is 5.69 Å². The van der Waals surface area contributed by atoms with Gasteiger partial charge in [-0.2, -0.15) is 5.26 Å². The highest BCUT2D eigenvalue weighted by Gasteiger charge is 2.28. The molecule has 4 nitrogen and oxygen atoms in total. The molecule has 2 atom stereocenters. The van der Waals surface area contributed by atoms with E-state index in [9.17, 15) is 4.79 Å². The van der Waals surface area contributed by atoms with Crippen LogP contribution in [0.1, 0.15) is 25.3 Å². The second-order valence-electron chi connectivity index (χ2n) is 4.19. The molecule has 2 unspecified atom stereocenters. The molecule has 0 radical (unpaired) electrons. The third-order valence-corrected chi connectivity index (χ3v) is 2.78. The first kappa shape index (κ1) is 11.6. The number of rotatable bonds is 2. The SMILES string of the molecule is CC1CCC(C(=O)Nc2cccc(C#N)c2)O1. The van der Waals surface area contributed by atoms with Crippen LogP contribution in [0.4, 0.5) is 5.69 Å². The zero-order valence-electron chi connectivity index (χ0n) is 9.64. The van der Waals surface area contributed by atoms with Crippen LogP contribution in [0, 0.1) is 11.3 Å². The molecule has 0 aromatic heterocycles. The van der Waals surface area contributed by atoms with Crippen molar-refractivity contribution in [2.24, 2.45) is 0 Å². The Morgan fingerprint density at radius 3 is 3.00 bits per heavy atom. The summed E-state index contributed by atoms with van der Waals surface area (Å²) >= 11 is 0. The Kier molecular flexibility index (Phi) is 3.40. The molecule has 0 saturated carbocycles. The minimum absolute atomic E-state index is 0.135. The molecule has 17 heavy (non-hydrogen) atoms. The van der Waals surface area contributed by atoms with Crippen molar-refractivity contribution in [3.05, 3.63) is 29.8 Å². The van der Waals surface area contributed by atoms with Crippen LogP contribution in [0.5, 0.6) is 0 Å². The van der Waals surface area contributed by atoms with Crippen molar-refractivity contribution in [3.63, 3.8) is 0 Å². The van der Waals surface area contributed by atoms with Gasteiger partial charge in [-0.25, -0.2) is 0 Å². The molecule has 0 bridgehead atoms. The van der Waals surface area contributed by atoms with Gasteiger partial charge in [0.1, 0.15) is 6.10 Å². The molecule has 1 aliphatic rings. The summed E-state index contributed by atoms with van der Waals surface area (Å²) in [5, 5.41) is 11.5. The number of amides is 1. The fraction of sp³-hybridized carbons (Fsp3) is 0.385. The lowest BCUT2D eigenvalue weighted by atomic mass is 10.2. The predicted molar refractivity (Wildman–Crippen MR) is 63.4 cm³/mol. The van der Waals surface area contributed by atoms with Gasteiger partial charge in [0.25, 0.3) is 5.91 Å². The first-order valence-electron chi connectivity index (χ1n) is 5.65. The van der Waals surface area contributed by atoms with Crippen LogP contribution in [0.15, 0.2) is 24.3 Å². The van der Waals surface area contributed by atoms with E-state index in [1.165, 1.54) is 0 Å². The van der Waals surface area contributed by atoms with E-state index < -0.39 is 0 Å². The van der Waals surface area contributed by atoms with Crippen LogP contribution in [0.25, 0.3) is 0 Å². The van der Waals surface area contributed by atoms with E-state index >= 15 is 0 Å². The zero-order chi connectivity index (χ0) is 12.3. The molecular formula is C13H14N2O2. The van der Waals surface area contributed by atoms with E-state index in [4.69, 9.17) is 10.00 Å². The predicted octanol–water partition coefficient (Wildman–Crippen LogP) is 2.06. The lowest BCUT2D eigenvalue weighted by Crippen LogP contribution is -2.27. The van der Waals surface area contributed by atoms with E-state index in [2.05, 4.69) is 5.32 Å². The van der Waals surface area contributed by atoms with Gasteiger partial charge in [0.2, 0.25) is 0 Å². The average molecular weight is 230 g/mol. The monoisotopic (exact) mass is 230 g/mol. The number of hydrogen-bond donors (Lipinski definition) is 1. The Morgan fingerprint density at radius 2 is 2.35 bits per heavy atom. The van der Waals surface area contributed by atoms with Crippen molar-refractivity contribution < 1.29 is 9.53 Å². The van der Waals surface area contributed by atoms with Gasteiger partial charge in [-0.15, -0.1) is 0 Å². The van der Waals surface area contributed by atoms with Gasteiger partial charge in [0.05, 0.1) is 17.7 Å². The van der Waals surface area contributed by atoms with Crippen LogP contribution < -0.4 is 5.32 Å². The summed E-state index contributed by atoms with van der Waals surface area (Å²) in [5.74, 6) is -0.135. The summed E-state index contributed by atoms with van der Waals surface area (Å²) in [7, 11) is 0. The van der Waals surface area contributed by atoms with Crippen molar-refractivity contribution >= 4 is 11.6 Å². The standard InChI is InChI=1S/C13H14N2O2/c1-9-5-6-12(17-9)13(16)15-11-4-2-3-10(7-11)8-14/h2-4,7,9,12H,5-6H2,1H3,(H,15,16). The van der Waals surface area contributed by atoms with E-state index in [1.54, 1.807) is 24.3 Å². The fourth-order valence-corrected chi connectivity index (χ4v) is 1.88. The summed E-state index contributed by atoms with van der Waals surface area (Å²) < 4.78 is 5.47. The van der Waals surface area contributed by atoms with Crippen molar-refractivity contribution in [2.45, 2.75) is 32.0 Å². The molecular weight excluding hydrogens is 216 g/mol. The molecule has 1 fully saturated rings. The van der Waals surface area contributed by atoms with Crippen LogP contribution in [0.2, 0.25) is 0 Å². The molecule has 2 rings (SSSR count). The zero-order valence-corrected chi connectivity index (χ0v) is 9.64. The quantitative estimate of drug-likeness (QED) is 0.845.